The molecule has 0 heterocycles. The first kappa shape index (κ1) is 8.75. The largest absolute Gasteiger partial charge is 0.481 e. The number of carbonyl (C=O) groups is 1. The molecule has 4 fully saturated rings. The Morgan fingerprint density at radius 2 is 1.50 bits per heavy atom. The average molecular weight is 194 g/mol. The highest BCUT2D eigenvalue weighted by Gasteiger charge is 2.51. The summed E-state index contributed by atoms with van der Waals surface area (Å²) in [6, 6.07) is 0. The molecule has 0 aromatic carbocycles. The third kappa shape index (κ3) is 1.27. The Morgan fingerprint density at radius 1 is 1.07 bits per heavy atom. The first-order valence-corrected chi connectivity index (χ1v) is 5.87. The molecule has 0 atom stereocenters. The van der Waals surface area contributed by atoms with E-state index in [1.807, 2.05) is 0 Å². The average Bonchev–Trinajstić information content (AvgIpc) is 1.96. The van der Waals surface area contributed by atoms with Gasteiger partial charge in [0, 0.05) is 0 Å². The number of rotatable bonds is 2. The van der Waals surface area contributed by atoms with Crippen LogP contribution in [0.4, 0.5) is 0 Å². The summed E-state index contributed by atoms with van der Waals surface area (Å²) in [4.78, 5) is 10.9. The summed E-state index contributed by atoms with van der Waals surface area (Å²) in [5, 5.41) is 8.97. The van der Waals surface area contributed by atoms with Gasteiger partial charge in [0.25, 0.3) is 0 Å². The second kappa shape index (κ2) is 2.74. The molecule has 0 unspecified atom stereocenters. The summed E-state index contributed by atoms with van der Waals surface area (Å²) in [7, 11) is 0. The molecule has 0 amide bonds. The molecule has 1 N–H and O–H groups in total. The third-order valence-corrected chi connectivity index (χ3v) is 4.69. The van der Waals surface area contributed by atoms with E-state index in [0.29, 0.717) is 6.42 Å². The SMILES string of the molecule is O=C(O)C[C@]12CC3CC(C[C@@H](C3)C1)C2. The molecule has 78 valence electrons. The van der Waals surface area contributed by atoms with Crippen molar-refractivity contribution in [3.05, 3.63) is 0 Å². The van der Waals surface area contributed by atoms with E-state index >= 15 is 0 Å². The molecule has 4 aliphatic rings. The van der Waals surface area contributed by atoms with E-state index in [9.17, 15) is 4.79 Å². The van der Waals surface area contributed by atoms with E-state index in [0.717, 1.165) is 17.8 Å². The number of carboxylic acid groups (broad SMARTS) is 1. The van der Waals surface area contributed by atoms with Crippen LogP contribution in [0.3, 0.4) is 0 Å². The Hall–Kier alpha value is -0.530. The molecule has 0 aliphatic heterocycles. The maximum Gasteiger partial charge on any atom is 0.303 e. The zero-order chi connectivity index (χ0) is 9.76. The Morgan fingerprint density at radius 3 is 1.86 bits per heavy atom. The Labute approximate surface area is 84.7 Å². The fourth-order valence-corrected chi connectivity index (χ4v) is 4.83. The van der Waals surface area contributed by atoms with Crippen LogP contribution in [0.1, 0.15) is 44.9 Å². The molecule has 2 heteroatoms. The number of aliphatic carboxylic acids is 1. The Kier molecular flexibility index (Phi) is 1.71. The molecule has 0 aromatic heterocycles. The van der Waals surface area contributed by atoms with Crippen molar-refractivity contribution in [3.8, 4) is 0 Å². The van der Waals surface area contributed by atoms with Gasteiger partial charge in [0.2, 0.25) is 0 Å². The van der Waals surface area contributed by atoms with E-state index in [1.165, 1.54) is 38.5 Å². The summed E-state index contributed by atoms with van der Waals surface area (Å²) in [5.74, 6) is 2.05. The molecule has 4 bridgehead atoms. The van der Waals surface area contributed by atoms with Gasteiger partial charge in [0.05, 0.1) is 6.42 Å². The molecular formula is C12H18O2. The lowest BCUT2D eigenvalue weighted by Gasteiger charge is -2.56. The predicted octanol–water partition coefficient (Wildman–Crippen LogP) is 2.68. The van der Waals surface area contributed by atoms with Crippen LogP contribution in [0.2, 0.25) is 0 Å². The van der Waals surface area contributed by atoms with Gasteiger partial charge in [-0.3, -0.25) is 4.79 Å². The van der Waals surface area contributed by atoms with E-state index in [2.05, 4.69) is 0 Å². The van der Waals surface area contributed by atoms with Gasteiger partial charge >= 0.3 is 5.97 Å². The fourth-order valence-electron chi connectivity index (χ4n) is 4.83. The van der Waals surface area contributed by atoms with Gasteiger partial charge in [-0.05, 0) is 61.7 Å². The van der Waals surface area contributed by atoms with E-state index in [4.69, 9.17) is 5.11 Å². The zero-order valence-corrected chi connectivity index (χ0v) is 8.54. The van der Waals surface area contributed by atoms with Gasteiger partial charge in [-0.1, -0.05) is 0 Å². The van der Waals surface area contributed by atoms with Crippen molar-refractivity contribution in [2.45, 2.75) is 44.9 Å². The second-order valence-corrected chi connectivity index (χ2v) is 5.99. The molecule has 4 saturated carbocycles. The van der Waals surface area contributed by atoms with Crippen LogP contribution in [-0.2, 0) is 4.79 Å². The van der Waals surface area contributed by atoms with Crippen LogP contribution in [0, 0.1) is 23.2 Å². The molecule has 4 rings (SSSR count). The smallest absolute Gasteiger partial charge is 0.303 e. The van der Waals surface area contributed by atoms with E-state index in [1.54, 1.807) is 0 Å². The van der Waals surface area contributed by atoms with Crippen molar-refractivity contribution in [1.82, 2.24) is 0 Å². The lowest BCUT2D eigenvalue weighted by molar-refractivity contribution is -0.145. The highest BCUT2D eigenvalue weighted by atomic mass is 16.4. The predicted molar refractivity (Wildman–Crippen MR) is 52.9 cm³/mol. The first-order valence-electron chi connectivity index (χ1n) is 5.87. The number of carboxylic acids is 1. The fraction of sp³-hybridized carbons (Fsp3) is 0.917. The molecule has 4 aliphatic carbocycles. The summed E-state index contributed by atoms with van der Waals surface area (Å²) >= 11 is 0. The van der Waals surface area contributed by atoms with Crippen LogP contribution < -0.4 is 0 Å². The van der Waals surface area contributed by atoms with Gasteiger partial charge in [-0.25, -0.2) is 0 Å². The lowest BCUT2D eigenvalue weighted by atomic mass is 9.49. The molecule has 0 saturated heterocycles. The van der Waals surface area contributed by atoms with Gasteiger partial charge in [0.15, 0.2) is 0 Å². The monoisotopic (exact) mass is 194 g/mol. The molecule has 14 heavy (non-hydrogen) atoms. The molecule has 0 radical (unpaired) electrons. The maximum absolute atomic E-state index is 10.9. The van der Waals surface area contributed by atoms with Gasteiger partial charge in [0.1, 0.15) is 0 Å². The highest BCUT2D eigenvalue weighted by Crippen LogP contribution is 2.61. The van der Waals surface area contributed by atoms with Crippen LogP contribution >= 0.6 is 0 Å². The van der Waals surface area contributed by atoms with Crippen molar-refractivity contribution in [2.75, 3.05) is 0 Å². The van der Waals surface area contributed by atoms with Crippen molar-refractivity contribution in [3.63, 3.8) is 0 Å². The van der Waals surface area contributed by atoms with Crippen molar-refractivity contribution >= 4 is 5.97 Å². The van der Waals surface area contributed by atoms with Gasteiger partial charge < -0.3 is 5.11 Å². The van der Waals surface area contributed by atoms with Gasteiger partial charge in [-0.2, -0.15) is 0 Å². The van der Waals surface area contributed by atoms with Crippen LogP contribution in [0.15, 0.2) is 0 Å². The van der Waals surface area contributed by atoms with Crippen LogP contribution in [0.25, 0.3) is 0 Å². The summed E-state index contributed by atoms with van der Waals surface area (Å²) in [5.41, 5.74) is 0.223. The number of hydrogen-bond acceptors (Lipinski definition) is 1. The van der Waals surface area contributed by atoms with Crippen molar-refractivity contribution in [1.29, 1.82) is 0 Å². The first-order chi connectivity index (χ1) is 6.65. The standard InChI is InChI=1S/C12H18O2/c13-11(14)7-12-4-8-1-9(5-12)3-10(2-8)6-12/h8-10H,1-7H2,(H,13,14)/t8-,9?,10?,12+. The minimum absolute atomic E-state index is 0.223. The third-order valence-electron chi connectivity index (χ3n) is 4.69. The van der Waals surface area contributed by atoms with E-state index < -0.39 is 5.97 Å². The summed E-state index contributed by atoms with van der Waals surface area (Å²) in [6.07, 6.45) is 8.29. The Bertz CT molecular complexity index is 234. The highest BCUT2D eigenvalue weighted by molar-refractivity contribution is 5.67. The van der Waals surface area contributed by atoms with Crippen LogP contribution in [-0.4, -0.2) is 11.1 Å². The summed E-state index contributed by atoms with van der Waals surface area (Å²) < 4.78 is 0. The normalized spacial score (nSPS) is 49.6. The topological polar surface area (TPSA) is 37.3 Å². The van der Waals surface area contributed by atoms with Gasteiger partial charge in [-0.15, -0.1) is 0 Å². The zero-order valence-electron chi connectivity index (χ0n) is 8.54. The minimum atomic E-state index is -0.577. The lowest BCUT2D eigenvalue weighted by Crippen LogP contribution is -2.46. The van der Waals surface area contributed by atoms with E-state index in [-0.39, 0.29) is 5.41 Å². The molecular weight excluding hydrogens is 176 g/mol. The molecule has 2 nitrogen and oxygen atoms in total. The maximum atomic E-state index is 10.9. The minimum Gasteiger partial charge on any atom is -0.481 e. The summed E-state index contributed by atoms with van der Waals surface area (Å²) in [6.45, 7) is 0. The molecule has 0 spiro atoms. The second-order valence-electron chi connectivity index (χ2n) is 5.99. The van der Waals surface area contributed by atoms with Crippen LogP contribution in [0.5, 0.6) is 0 Å². The quantitative estimate of drug-likeness (QED) is 0.733. The molecule has 0 aromatic rings. The van der Waals surface area contributed by atoms with Crippen molar-refractivity contribution < 1.29 is 9.90 Å². The van der Waals surface area contributed by atoms with Crippen molar-refractivity contribution in [2.24, 2.45) is 23.2 Å². The number of hydrogen-bond donors (Lipinski definition) is 1. The Balaban J connectivity index is 1.83.